The highest BCUT2D eigenvalue weighted by Gasteiger charge is 2.26. The van der Waals surface area contributed by atoms with Crippen LogP contribution in [0, 0.1) is 13.8 Å². The number of nitrogens with zero attached hydrogens (tertiary/aromatic N) is 3. The number of rotatable bonds is 4. The summed E-state index contributed by atoms with van der Waals surface area (Å²) in [5, 5.41) is 1.12. The van der Waals surface area contributed by atoms with Gasteiger partial charge >= 0.3 is 0 Å². The second-order valence-electron chi connectivity index (χ2n) is 6.27. The molecule has 0 aliphatic carbocycles. The van der Waals surface area contributed by atoms with E-state index < -0.39 is 0 Å². The fourth-order valence-electron chi connectivity index (χ4n) is 3.39. The third-order valence-corrected chi connectivity index (χ3v) is 5.61. The molecule has 3 aromatic rings. The number of aromatic nitrogens is 3. The van der Waals surface area contributed by atoms with Crippen molar-refractivity contribution < 1.29 is 4.74 Å². The van der Waals surface area contributed by atoms with Crippen LogP contribution >= 0.6 is 11.3 Å². The number of ether oxygens (including phenoxy) is 1. The van der Waals surface area contributed by atoms with Crippen LogP contribution in [0.2, 0.25) is 0 Å². The molecule has 2 aromatic heterocycles. The predicted molar refractivity (Wildman–Crippen MR) is 96.5 cm³/mol. The largest absolute Gasteiger partial charge is 0.381 e. The maximum Gasteiger partial charge on any atom is 0.0959 e. The highest BCUT2D eigenvalue weighted by Crippen LogP contribution is 2.34. The molecule has 4 rings (SSSR count). The van der Waals surface area contributed by atoms with Gasteiger partial charge in [-0.1, -0.05) is 30.3 Å². The molecule has 0 N–H and O–H groups in total. The molecular formula is C19H21N3OS. The Hall–Kier alpha value is -1.98. The Morgan fingerprint density at radius 1 is 1.25 bits per heavy atom. The van der Waals surface area contributed by atoms with Crippen LogP contribution in [0.4, 0.5) is 0 Å². The summed E-state index contributed by atoms with van der Waals surface area (Å²) in [6.07, 6.45) is 3.04. The number of imidazole rings is 1. The van der Waals surface area contributed by atoms with Gasteiger partial charge in [-0.3, -0.25) is 0 Å². The normalized spacial score (nSPS) is 17.5. The first-order chi connectivity index (χ1) is 11.7. The molecule has 24 heavy (non-hydrogen) atoms. The molecule has 1 saturated heterocycles. The number of thiazole rings is 1. The lowest BCUT2D eigenvalue weighted by atomic mass is 9.99. The predicted octanol–water partition coefficient (Wildman–Crippen LogP) is 4.18. The number of hydrogen-bond acceptors (Lipinski definition) is 4. The molecular weight excluding hydrogens is 318 g/mol. The molecule has 1 aliphatic heterocycles. The fourth-order valence-corrected chi connectivity index (χ4v) is 4.33. The van der Waals surface area contributed by atoms with Crippen LogP contribution in [0.5, 0.6) is 0 Å². The molecule has 5 heteroatoms. The van der Waals surface area contributed by atoms with Crippen molar-refractivity contribution in [3.63, 3.8) is 0 Å². The molecule has 0 bridgehead atoms. The summed E-state index contributed by atoms with van der Waals surface area (Å²) in [5.74, 6) is 0.414. The molecule has 0 radical (unpaired) electrons. The molecule has 0 spiro atoms. The van der Waals surface area contributed by atoms with Crippen LogP contribution in [0.1, 0.15) is 33.6 Å². The van der Waals surface area contributed by atoms with Crippen LogP contribution < -0.4 is 0 Å². The van der Waals surface area contributed by atoms with E-state index in [0.29, 0.717) is 5.92 Å². The first-order valence-electron chi connectivity index (χ1n) is 8.33. The lowest BCUT2D eigenvalue weighted by Gasteiger charge is -2.14. The first-order valence-corrected chi connectivity index (χ1v) is 9.15. The van der Waals surface area contributed by atoms with Crippen molar-refractivity contribution in [1.82, 2.24) is 14.5 Å². The van der Waals surface area contributed by atoms with Crippen molar-refractivity contribution >= 4 is 11.3 Å². The second-order valence-corrected chi connectivity index (χ2v) is 7.56. The maximum atomic E-state index is 5.65. The van der Waals surface area contributed by atoms with Crippen molar-refractivity contribution in [2.75, 3.05) is 13.2 Å². The van der Waals surface area contributed by atoms with Gasteiger partial charge in [0.05, 0.1) is 41.6 Å². The number of benzene rings is 1. The summed E-state index contributed by atoms with van der Waals surface area (Å²) < 4.78 is 7.95. The minimum Gasteiger partial charge on any atom is -0.381 e. The summed E-state index contributed by atoms with van der Waals surface area (Å²) in [7, 11) is 0. The van der Waals surface area contributed by atoms with E-state index in [9.17, 15) is 0 Å². The van der Waals surface area contributed by atoms with Crippen molar-refractivity contribution in [1.29, 1.82) is 0 Å². The average molecular weight is 339 g/mol. The van der Waals surface area contributed by atoms with Gasteiger partial charge in [0.25, 0.3) is 0 Å². The quantitative estimate of drug-likeness (QED) is 0.716. The summed E-state index contributed by atoms with van der Waals surface area (Å²) in [4.78, 5) is 10.6. The Labute approximate surface area is 146 Å². The Bertz CT molecular complexity index is 832. The van der Waals surface area contributed by atoms with Crippen LogP contribution in [0.25, 0.3) is 11.3 Å². The highest BCUT2D eigenvalue weighted by atomic mass is 32.1. The smallest absolute Gasteiger partial charge is 0.0959 e. The van der Waals surface area contributed by atoms with Crippen LogP contribution in [0.15, 0.2) is 36.7 Å². The van der Waals surface area contributed by atoms with E-state index in [0.717, 1.165) is 42.6 Å². The van der Waals surface area contributed by atoms with Gasteiger partial charge in [-0.2, -0.15) is 0 Å². The van der Waals surface area contributed by atoms with Crippen molar-refractivity contribution in [2.24, 2.45) is 0 Å². The van der Waals surface area contributed by atoms with Crippen LogP contribution in [0.3, 0.4) is 0 Å². The van der Waals surface area contributed by atoms with E-state index in [4.69, 9.17) is 9.72 Å². The number of hydrogen-bond donors (Lipinski definition) is 0. The van der Waals surface area contributed by atoms with Gasteiger partial charge in [-0.05, 0) is 20.3 Å². The van der Waals surface area contributed by atoms with E-state index in [1.54, 1.807) is 11.3 Å². The molecule has 0 saturated carbocycles. The van der Waals surface area contributed by atoms with E-state index in [1.165, 1.54) is 16.1 Å². The van der Waals surface area contributed by atoms with Gasteiger partial charge < -0.3 is 9.30 Å². The monoisotopic (exact) mass is 339 g/mol. The second kappa shape index (κ2) is 6.49. The van der Waals surface area contributed by atoms with Crippen LogP contribution in [-0.2, 0) is 11.3 Å². The summed E-state index contributed by atoms with van der Waals surface area (Å²) in [6.45, 7) is 6.61. The molecule has 1 unspecified atom stereocenters. The van der Waals surface area contributed by atoms with Crippen molar-refractivity contribution in [2.45, 2.75) is 32.7 Å². The first kappa shape index (κ1) is 15.5. The van der Waals surface area contributed by atoms with E-state index >= 15 is 0 Å². The number of aryl methyl sites for hydroxylation is 2. The van der Waals surface area contributed by atoms with Gasteiger partial charge in [-0.15, -0.1) is 11.3 Å². The lowest BCUT2D eigenvalue weighted by molar-refractivity contribution is 0.193. The lowest BCUT2D eigenvalue weighted by Crippen LogP contribution is -2.09. The maximum absolute atomic E-state index is 5.65. The Kier molecular flexibility index (Phi) is 4.21. The SMILES string of the molecule is Cc1nc(C)c(Cn2cnc(-c3ccccc3)c2C2CCOC2)s1. The Morgan fingerprint density at radius 2 is 2.08 bits per heavy atom. The highest BCUT2D eigenvalue weighted by molar-refractivity contribution is 7.11. The van der Waals surface area contributed by atoms with Crippen molar-refractivity contribution in [3.05, 3.63) is 57.9 Å². The Morgan fingerprint density at radius 3 is 2.75 bits per heavy atom. The zero-order chi connectivity index (χ0) is 16.5. The summed E-state index contributed by atoms with van der Waals surface area (Å²) in [6, 6.07) is 10.4. The molecule has 1 fully saturated rings. The molecule has 1 atom stereocenters. The molecule has 1 aromatic carbocycles. The third kappa shape index (κ3) is 2.89. The minimum atomic E-state index is 0.414. The van der Waals surface area contributed by atoms with E-state index in [1.807, 2.05) is 12.4 Å². The third-order valence-electron chi connectivity index (χ3n) is 4.56. The average Bonchev–Trinajstić information content (AvgIpc) is 3.29. The summed E-state index contributed by atoms with van der Waals surface area (Å²) in [5.41, 5.74) is 4.69. The molecule has 0 amide bonds. The van der Waals surface area contributed by atoms with E-state index in [-0.39, 0.29) is 0 Å². The zero-order valence-corrected chi connectivity index (χ0v) is 14.8. The fraction of sp³-hybridized carbons (Fsp3) is 0.368. The minimum absolute atomic E-state index is 0.414. The zero-order valence-electron chi connectivity index (χ0n) is 14.0. The Balaban J connectivity index is 1.76. The van der Waals surface area contributed by atoms with Gasteiger partial charge in [0.1, 0.15) is 0 Å². The summed E-state index contributed by atoms with van der Waals surface area (Å²) >= 11 is 1.77. The molecule has 4 nitrogen and oxygen atoms in total. The van der Waals surface area contributed by atoms with Crippen molar-refractivity contribution in [3.8, 4) is 11.3 Å². The molecule has 1 aliphatic rings. The van der Waals surface area contributed by atoms with E-state index in [2.05, 4.69) is 47.7 Å². The topological polar surface area (TPSA) is 39.9 Å². The van der Waals surface area contributed by atoms with Gasteiger partial charge in [0.2, 0.25) is 0 Å². The van der Waals surface area contributed by atoms with Gasteiger partial charge in [-0.25, -0.2) is 9.97 Å². The molecule has 124 valence electrons. The van der Waals surface area contributed by atoms with Gasteiger partial charge in [0, 0.05) is 23.0 Å². The van der Waals surface area contributed by atoms with Crippen LogP contribution in [-0.4, -0.2) is 27.7 Å². The van der Waals surface area contributed by atoms with Gasteiger partial charge in [0.15, 0.2) is 0 Å². The standard InChI is InChI=1S/C19H21N3OS/c1-13-17(24-14(2)21-13)10-22-12-20-18(15-6-4-3-5-7-15)19(22)16-8-9-23-11-16/h3-7,12,16H,8-11H2,1-2H3. The molecule has 3 heterocycles.